The monoisotopic (exact) mass is 147 g/mol. The van der Waals surface area contributed by atoms with E-state index in [1.165, 1.54) is 0 Å². The summed E-state index contributed by atoms with van der Waals surface area (Å²) in [6, 6.07) is 0. The van der Waals surface area contributed by atoms with E-state index in [0.29, 0.717) is 0 Å². The molecule has 0 atom stereocenters. The van der Waals surface area contributed by atoms with Gasteiger partial charge in [0.1, 0.15) is 6.26 Å². The molecular weight excluding hydrogens is 142 g/mol. The maximum absolute atomic E-state index is 5.37. The number of allylic oxidation sites excluding steroid dienone is 3. The van der Waals surface area contributed by atoms with Gasteiger partial charge in [-0.05, 0) is 12.2 Å². The highest BCUT2D eigenvalue weighted by molar-refractivity contribution is 5.36. The van der Waals surface area contributed by atoms with Gasteiger partial charge in [0.05, 0.1) is 6.20 Å². The summed E-state index contributed by atoms with van der Waals surface area (Å²) in [7, 11) is 0. The summed E-state index contributed by atoms with van der Waals surface area (Å²) in [6.45, 7) is 0. The zero-order valence-corrected chi connectivity index (χ0v) is 5.65. The third kappa shape index (κ3) is 0.487. The predicted molar refractivity (Wildman–Crippen MR) is 37.4 cm³/mol. The number of fused-ring (bicyclic) bond motifs is 4. The minimum atomic E-state index is 0.769. The average Bonchev–Trinajstić information content (AvgIpc) is 2.58. The topological polar surface area (TPSA) is 21.7 Å². The Balaban J connectivity index is 2.23. The number of rotatable bonds is 0. The lowest BCUT2D eigenvalue weighted by atomic mass is 10.4. The smallest absolute Gasteiger partial charge is 0.250 e. The first-order valence-corrected chi connectivity index (χ1v) is 3.38. The van der Waals surface area contributed by atoms with Gasteiger partial charge in [-0.2, -0.15) is 0 Å². The lowest BCUT2D eigenvalue weighted by molar-refractivity contribution is 0.274. The Kier molecular flexibility index (Phi) is 0.692. The summed E-state index contributed by atoms with van der Waals surface area (Å²) >= 11 is 0. The second-order valence-electron chi connectivity index (χ2n) is 2.41. The minimum Gasteiger partial charge on any atom is -0.443 e. The van der Waals surface area contributed by atoms with Crippen LogP contribution in [0.15, 0.2) is 48.2 Å². The van der Waals surface area contributed by atoms with Crippen LogP contribution in [0.1, 0.15) is 0 Å². The van der Waals surface area contributed by atoms with Gasteiger partial charge in [0.15, 0.2) is 5.76 Å². The molecule has 3 aliphatic heterocycles. The van der Waals surface area contributed by atoms with Gasteiger partial charge in [0, 0.05) is 0 Å². The molecule has 0 aromatic rings. The van der Waals surface area contributed by atoms with Crippen molar-refractivity contribution in [3.63, 3.8) is 0 Å². The fourth-order valence-electron chi connectivity index (χ4n) is 1.27. The van der Waals surface area contributed by atoms with Crippen molar-refractivity contribution in [2.45, 2.75) is 0 Å². The lowest BCUT2D eigenvalue weighted by Gasteiger charge is -2.08. The molecule has 0 N–H and O–H groups in total. The predicted octanol–water partition coefficient (Wildman–Crippen LogP) is 1.40. The normalized spacial score (nSPS) is 23.3. The molecule has 0 radical (unpaired) electrons. The molecule has 3 heteroatoms. The van der Waals surface area contributed by atoms with E-state index in [9.17, 15) is 0 Å². The van der Waals surface area contributed by atoms with Crippen LogP contribution in [0.3, 0.4) is 0 Å². The van der Waals surface area contributed by atoms with E-state index in [0.717, 1.165) is 17.5 Å². The molecule has 0 saturated heterocycles. The summed E-state index contributed by atoms with van der Waals surface area (Å²) in [6.07, 6.45) is 9.20. The van der Waals surface area contributed by atoms with E-state index < -0.39 is 0 Å². The quantitative estimate of drug-likeness (QED) is 0.517. The molecule has 0 amide bonds. The molecular formula is C8H5NO2. The molecule has 3 nitrogen and oxygen atoms in total. The summed E-state index contributed by atoms with van der Waals surface area (Å²) in [5.41, 5.74) is 0. The Bertz CT molecular complexity index is 336. The molecule has 3 aliphatic rings. The van der Waals surface area contributed by atoms with E-state index in [-0.39, 0.29) is 0 Å². The maximum Gasteiger partial charge on any atom is 0.250 e. The van der Waals surface area contributed by atoms with Crippen LogP contribution in [0.25, 0.3) is 0 Å². The van der Waals surface area contributed by atoms with Crippen LogP contribution < -0.4 is 0 Å². The molecule has 54 valence electrons. The van der Waals surface area contributed by atoms with Crippen molar-refractivity contribution in [3.05, 3.63) is 48.2 Å². The first kappa shape index (κ1) is 5.07. The third-order valence-corrected chi connectivity index (χ3v) is 1.76. The second-order valence-corrected chi connectivity index (χ2v) is 2.41. The van der Waals surface area contributed by atoms with Crippen LogP contribution in [-0.4, -0.2) is 4.90 Å². The molecule has 0 fully saturated rings. The first-order valence-electron chi connectivity index (χ1n) is 3.38. The van der Waals surface area contributed by atoms with Gasteiger partial charge in [0.25, 0.3) is 0 Å². The third-order valence-electron chi connectivity index (χ3n) is 1.76. The Morgan fingerprint density at radius 3 is 3.36 bits per heavy atom. The van der Waals surface area contributed by atoms with Crippen molar-refractivity contribution in [1.82, 2.24) is 4.90 Å². The van der Waals surface area contributed by atoms with Gasteiger partial charge in [-0.1, -0.05) is 6.08 Å². The van der Waals surface area contributed by atoms with Gasteiger partial charge in [-0.15, -0.1) is 0 Å². The molecule has 0 aromatic heterocycles. The number of ether oxygens (including phenoxy) is 2. The molecule has 0 unspecified atom stereocenters. The van der Waals surface area contributed by atoms with E-state index in [1.807, 2.05) is 29.3 Å². The molecule has 0 aromatic carbocycles. The summed E-state index contributed by atoms with van der Waals surface area (Å²) in [4.78, 5) is 1.87. The van der Waals surface area contributed by atoms with Crippen molar-refractivity contribution < 1.29 is 9.47 Å². The van der Waals surface area contributed by atoms with Crippen molar-refractivity contribution >= 4 is 0 Å². The van der Waals surface area contributed by atoms with Gasteiger partial charge >= 0.3 is 0 Å². The highest BCUT2D eigenvalue weighted by Crippen LogP contribution is 2.36. The largest absolute Gasteiger partial charge is 0.443 e. The van der Waals surface area contributed by atoms with Crippen molar-refractivity contribution in [2.24, 2.45) is 0 Å². The Hall–Kier alpha value is -1.64. The van der Waals surface area contributed by atoms with Crippen LogP contribution in [0.4, 0.5) is 0 Å². The molecule has 0 spiro atoms. The van der Waals surface area contributed by atoms with Gasteiger partial charge < -0.3 is 9.47 Å². The molecule has 0 saturated carbocycles. The van der Waals surface area contributed by atoms with E-state index >= 15 is 0 Å². The summed E-state index contributed by atoms with van der Waals surface area (Å²) in [5.74, 6) is 2.36. The molecule has 2 bridgehead atoms. The molecule has 11 heavy (non-hydrogen) atoms. The number of nitrogens with zero attached hydrogens (tertiary/aromatic N) is 1. The first-order chi connectivity index (χ1) is 5.45. The highest BCUT2D eigenvalue weighted by atomic mass is 16.6. The van der Waals surface area contributed by atoms with Crippen molar-refractivity contribution in [3.8, 4) is 0 Å². The molecule has 3 rings (SSSR count). The van der Waals surface area contributed by atoms with Crippen molar-refractivity contribution in [1.29, 1.82) is 0 Å². The van der Waals surface area contributed by atoms with Crippen LogP contribution in [0, 0.1) is 0 Å². The summed E-state index contributed by atoms with van der Waals surface area (Å²) in [5, 5.41) is 0. The Labute approximate surface area is 63.5 Å². The minimum absolute atomic E-state index is 0.769. The fourth-order valence-corrected chi connectivity index (χ4v) is 1.27. The Morgan fingerprint density at radius 1 is 1.36 bits per heavy atom. The van der Waals surface area contributed by atoms with E-state index in [2.05, 4.69) is 0 Å². The van der Waals surface area contributed by atoms with E-state index in [4.69, 9.17) is 9.47 Å². The van der Waals surface area contributed by atoms with Gasteiger partial charge in [0.2, 0.25) is 11.8 Å². The second kappa shape index (κ2) is 1.50. The number of hydrogen-bond donors (Lipinski definition) is 0. The number of hydrogen-bond acceptors (Lipinski definition) is 3. The zero-order valence-electron chi connectivity index (χ0n) is 5.65. The SMILES string of the molecule is C1=CC2=C3OC=CN3C(=C1)O2. The average molecular weight is 147 g/mol. The van der Waals surface area contributed by atoms with Crippen molar-refractivity contribution in [2.75, 3.05) is 0 Å². The molecule has 3 heterocycles. The maximum atomic E-state index is 5.37. The van der Waals surface area contributed by atoms with Crippen LogP contribution >= 0.6 is 0 Å². The Morgan fingerprint density at radius 2 is 2.36 bits per heavy atom. The highest BCUT2D eigenvalue weighted by Gasteiger charge is 2.32. The van der Waals surface area contributed by atoms with Crippen LogP contribution in [0.2, 0.25) is 0 Å². The van der Waals surface area contributed by atoms with Crippen LogP contribution in [-0.2, 0) is 9.47 Å². The summed E-state index contributed by atoms with van der Waals surface area (Å²) < 4.78 is 10.6. The standard InChI is InChI=1S/C8H5NO2/c1-2-6-8-9(4-5-10-8)7(3-1)11-6/h1-5H. The zero-order chi connectivity index (χ0) is 7.26. The van der Waals surface area contributed by atoms with Gasteiger partial charge in [-0.25, -0.2) is 0 Å². The lowest BCUT2D eigenvalue weighted by Crippen LogP contribution is -2.06. The molecule has 0 aliphatic carbocycles. The van der Waals surface area contributed by atoms with Crippen LogP contribution in [0.5, 0.6) is 0 Å². The van der Waals surface area contributed by atoms with E-state index in [1.54, 1.807) is 6.26 Å². The van der Waals surface area contributed by atoms with Gasteiger partial charge in [-0.3, -0.25) is 4.90 Å². The fraction of sp³-hybridized carbons (Fsp3) is 0.